The van der Waals surface area contributed by atoms with E-state index >= 15 is 0 Å². The predicted molar refractivity (Wildman–Crippen MR) is 119 cm³/mol. The monoisotopic (exact) mass is 445 g/mol. The standard InChI is InChI=1S/C22H27N3O5S/c1-14-5-10-20(23-17(4)26)21(11-14)24-22(27)18-6-8-19(9-7-18)31(28,29)25-12-15(2)30-16(3)13-25/h5-11,15-16H,12-13H2,1-4H3,(H,23,26)(H,24,27). The second kappa shape index (κ2) is 9.17. The number of hydrogen-bond acceptors (Lipinski definition) is 5. The molecule has 31 heavy (non-hydrogen) atoms. The molecule has 1 heterocycles. The zero-order chi connectivity index (χ0) is 22.8. The first-order valence-corrected chi connectivity index (χ1v) is 11.5. The molecule has 8 nitrogen and oxygen atoms in total. The number of nitrogens with zero attached hydrogens (tertiary/aromatic N) is 1. The summed E-state index contributed by atoms with van der Waals surface area (Å²) in [6.45, 7) is 7.52. The number of anilines is 2. The van der Waals surface area contributed by atoms with Gasteiger partial charge in [-0.25, -0.2) is 8.42 Å². The van der Waals surface area contributed by atoms with E-state index in [-0.39, 0.29) is 36.1 Å². The maximum absolute atomic E-state index is 13.0. The molecule has 0 spiro atoms. The number of aryl methyl sites for hydroxylation is 1. The second-order valence-electron chi connectivity index (χ2n) is 7.79. The Labute approximate surface area is 182 Å². The van der Waals surface area contributed by atoms with Crippen LogP contribution < -0.4 is 10.6 Å². The van der Waals surface area contributed by atoms with Crippen LogP contribution in [0.2, 0.25) is 0 Å². The lowest BCUT2D eigenvalue weighted by Gasteiger charge is -2.34. The van der Waals surface area contributed by atoms with Gasteiger partial charge in [-0.3, -0.25) is 9.59 Å². The van der Waals surface area contributed by atoms with Crippen LogP contribution in [-0.2, 0) is 19.6 Å². The molecule has 1 aliphatic rings. The van der Waals surface area contributed by atoms with Crippen molar-refractivity contribution in [3.8, 4) is 0 Å². The van der Waals surface area contributed by atoms with Crippen molar-refractivity contribution in [3.05, 3.63) is 53.6 Å². The first-order valence-electron chi connectivity index (χ1n) is 10.0. The molecule has 2 unspecified atom stereocenters. The summed E-state index contributed by atoms with van der Waals surface area (Å²) in [6.07, 6.45) is -0.369. The summed E-state index contributed by atoms with van der Waals surface area (Å²) in [5.74, 6) is -0.657. The van der Waals surface area contributed by atoms with Gasteiger partial charge in [0, 0.05) is 25.6 Å². The molecular formula is C22H27N3O5S. The van der Waals surface area contributed by atoms with Gasteiger partial charge in [0.2, 0.25) is 15.9 Å². The van der Waals surface area contributed by atoms with Gasteiger partial charge in [-0.15, -0.1) is 0 Å². The number of ether oxygens (including phenoxy) is 1. The molecule has 0 saturated carbocycles. The number of carbonyl (C=O) groups excluding carboxylic acids is 2. The summed E-state index contributed by atoms with van der Waals surface area (Å²) in [7, 11) is -3.68. The van der Waals surface area contributed by atoms with E-state index in [0.29, 0.717) is 16.9 Å². The summed E-state index contributed by atoms with van der Waals surface area (Å²) in [6, 6.07) is 11.1. The van der Waals surface area contributed by atoms with Crippen molar-refractivity contribution in [3.63, 3.8) is 0 Å². The Balaban J connectivity index is 1.78. The van der Waals surface area contributed by atoms with E-state index in [2.05, 4.69) is 10.6 Å². The molecule has 166 valence electrons. The van der Waals surface area contributed by atoms with Crippen LogP contribution in [0.25, 0.3) is 0 Å². The Kier molecular flexibility index (Phi) is 6.78. The van der Waals surface area contributed by atoms with Crippen LogP contribution in [0.5, 0.6) is 0 Å². The molecule has 0 radical (unpaired) electrons. The Bertz CT molecular complexity index is 1070. The quantitative estimate of drug-likeness (QED) is 0.736. The fraction of sp³-hybridized carbons (Fsp3) is 0.364. The molecular weight excluding hydrogens is 418 g/mol. The SMILES string of the molecule is CC(=O)Nc1ccc(C)cc1NC(=O)c1ccc(S(=O)(=O)N2CC(C)OC(C)C2)cc1. The van der Waals surface area contributed by atoms with Gasteiger partial charge in [-0.05, 0) is 62.7 Å². The van der Waals surface area contributed by atoms with Gasteiger partial charge in [0.15, 0.2) is 0 Å². The summed E-state index contributed by atoms with van der Waals surface area (Å²) in [4.78, 5) is 24.3. The molecule has 2 atom stereocenters. The maximum atomic E-state index is 13.0. The molecule has 0 bridgehead atoms. The van der Waals surface area contributed by atoms with Crippen molar-refractivity contribution in [2.45, 2.75) is 44.8 Å². The van der Waals surface area contributed by atoms with Crippen molar-refractivity contribution >= 4 is 33.2 Å². The minimum atomic E-state index is -3.68. The van der Waals surface area contributed by atoms with E-state index in [4.69, 9.17) is 4.74 Å². The Morgan fingerprint density at radius 1 is 0.968 bits per heavy atom. The van der Waals surface area contributed by atoms with Gasteiger partial charge < -0.3 is 15.4 Å². The number of sulfonamides is 1. The van der Waals surface area contributed by atoms with Crippen molar-refractivity contribution < 1.29 is 22.7 Å². The number of hydrogen-bond donors (Lipinski definition) is 2. The first-order chi connectivity index (χ1) is 14.6. The number of nitrogens with one attached hydrogen (secondary N) is 2. The van der Waals surface area contributed by atoms with E-state index in [0.717, 1.165) is 5.56 Å². The number of benzene rings is 2. The Morgan fingerprint density at radius 2 is 1.58 bits per heavy atom. The molecule has 1 aliphatic heterocycles. The highest BCUT2D eigenvalue weighted by Crippen LogP contribution is 2.25. The lowest BCUT2D eigenvalue weighted by atomic mass is 10.1. The molecule has 9 heteroatoms. The van der Waals surface area contributed by atoms with Gasteiger partial charge >= 0.3 is 0 Å². The molecule has 0 aliphatic carbocycles. The Hall–Kier alpha value is -2.75. The minimum absolute atomic E-state index is 0.125. The number of amides is 2. The molecule has 1 fully saturated rings. The third-order valence-electron chi connectivity index (χ3n) is 4.87. The summed E-state index contributed by atoms with van der Waals surface area (Å²) >= 11 is 0. The zero-order valence-corrected chi connectivity index (χ0v) is 18.8. The van der Waals surface area contributed by atoms with Crippen LogP contribution in [0.4, 0.5) is 11.4 Å². The molecule has 3 rings (SSSR count). The van der Waals surface area contributed by atoms with E-state index in [1.807, 2.05) is 26.8 Å². The zero-order valence-electron chi connectivity index (χ0n) is 18.0. The second-order valence-corrected chi connectivity index (χ2v) is 9.73. The van der Waals surface area contributed by atoms with E-state index in [9.17, 15) is 18.0 Å². The topological polar surface area (TPSA) is 105 Å². The van der Waals surface area contributed by atoms with Gasteiger partial charge in [-0.1, -0.05) is 6.07 Å². The largest absolute Gasteiger partial charge is 0.373 e. The third-order valence-corrected chi connectivity index (χ3v) is 6.72. The van der Waals surface area contributed by atoms with Crippen LogP contribution in [-0.4, -0.2) is 49.8 Å². The summed E-state index contributed by atoms with van der Waals surface area (Å²) in [5, 5.41) is 5.46. The highest BCUT2D eigenvalue weighted by molar-refractivity contribution is 7.89. The van der Waals surface area contributed by atoms with Gasteiger partial charge in [0.05, 0.1) is 28.5 Å². The molecule has 2 aromatic carbocycles. The van der Waals surface area contributed by atoms with E-state index < -0.39 is 15.9 Å². The van der Waals surface area contributed by atoms with Crippen LogP contribution >= 0.6 is 0 Å². The van der Waals surface area contributed by atoms with Crippen molar-refractivity contribution in [1.29, 1.82) is 0 Å². The van der Waals surface area contributed by atoms with Gasteiger partial charge in [-0.2, -0.15) is 4.31 Å². The highest BCUT2D eigenvalue weighted by atomic mass is 32.2. The van der Waals surface area contributed by atoms with Crippen LogP contribution in [0.3, 0.4) is 0 Å². The molecule has 1 saturated heterocycles. The number of morpholine rings is 1. The predicted octanol–water partition coefficient (Wildman–Crippen LogP) is 3.00. The van der Waals surface area contributed by atoms with E-state index in [1.165, 1.54) is 35.5 Å². The lowest BCUT2D eigenvalue weighted by Crippen LogP contribution is -2.48. The fourth-order valence-electron chi connectivity index (χ4n) is 3.51. The van der Waals surface area contributed by atoms with Gasteiger partial charge in [0.1, 0.15) is 0 Å². The van der Waals surface area contributed by atoms with Crippen molar-refractivity contribution in [2.24, 2.45) is 0 Å². The molecule has 2 amide bonds. The third kappa shape index (κ3) is 5.49. The first kappa shape index (κ1) is 22.9. The summed E-state index contributed by atoms with van der Waals surface area (Å²) < 4.78 is 33.0. The number of carbonyl (C=O) groups is 2. The molecule has 0 aromatic heterocycles. The molecule has 2 aromatic rings. The minimum Gasteiger partial charge on any atom is -0.373 e. The molecule has 2 N–H and O–H groups in total. The van der Waals surface area contributed by atoms with Crippen LogP contribution in [0.1, 0.15) is 36.7 Å². The van der Waals surface area contributed by atoms with Crippen LogP contribution in [0, 0.1) is 6.92 Å². The highest BCUT2D eigenvalue weighted by Gasteiger charge is 2.32. The summed E-state index contributed by atoms with van der Waals surface area (Å²) in [5.41, 5.74) is 2.17. The lowest BCUT2D eigenvalue weighted by molar-refractivity contribution is -0.114. The maximum Gasteiger partial charge on any atom is 0.255 e. The Morgan fingerprint density at radius 3 is 2.16 bits per heavy atom. The van der Waals surface area contributed by atoms with Gasteiger partial charge in [0.25, 0.3) is 5.91 Å². The smallest absolute Gasteiger partial charge is 0.255 e. The van der Waals surface area contributed by atoms with E-state index in [1.54, 1.807) is 12.1 Å². The average Bonchev–Trinajstić information content (AvgIpc) is 2.69. The average molecular weight is 446 g/mol. The normalized spacial score (nSPS) is 19.6. The fourth-order valence-corrected chi connectivity index (χ4v) is 5.10. The number of rotatable bonds is 5. The van der Waals surface area contributed by atoms with Crippen molar-refractivity contribution in [1.82, 2.24) is 4.31 Å². The van der Waals surface area contributed by atoms with Crippen LogP contribution in [0.15, 0.2) is 47.4 Å². The van der Waals surface area contributed by atoms with Crippen molar-refractivity contribution in [2.75, 3.05) is 23.7 Å².